The molecule has 9 rings (SSSR count). The molecule has 1 aromatic heterocycles. The summed E-state index contributed by atoms with van der Waals surface area (Å²) in [5, 5.41) is 5.10. The topological polar surface area (TPSA) is 3.24 Å². The molecule has 0 radical (unpaired) electrons. The van der Waals surface area contributed by atoms with Crippen molar-refractivity contribution in [3.05, 3.63) is 188 Å². The summed E-state index contributed by atoms with van der Waals surface area (Å²) in [5.41, 5.74) is 10.7. The Balaban J connectivity index is 1.24. The van der Waals surface area contributed by atoms with E-state index in [2.05, 4.69) is 193 Å². The predicted octanol–water partition coefficient (Wildman–Crippen LogP) is 13.7. The van der Waals surface area contributed by atoms with E-state index < -0.39 is 0 Å². The molecule has 0 amide bonds. The number of hydrogen-bond acceptors (Lipinski definition) is 2. The fraction of sp³-hybridized carbons (Fsp3) is 0. The van der Waals surface area contributed by atoms with Crippen LogP contribution in [0.3, 0.4) is 0 Å². The third-order valence-electron chi connectivity index (χ3n) is 9.26. The summed E-state index contributed by atoms with van der Waals surface area (Å²) >= 11 is 1.87. The van der Waals surface area contributed by atoms with Crippen molar-refractivity contribution in [2.24, 2.45) is 0 Å². The lowest BCUT2D eigenvalue weighted by molar-refractivity contribution is 1.30. The van der Waals surface area contributed by atoms with E-state index in [1.807, 2.05) is 11.3 Å². The number of benzene rings is 8. The van der Waals surface area contributed by atoms with E-state index in [4.69, 9.17) is 0 Å². The molecule has 0 unspecified atom stereocenters. The van der Waals surface area contributed by atoms with Gasteiger partial charge in [-0.15, -0.1) is 11.3 Å². The number of hydrogen-bond donors (Lipinski definition) is 0. The van der Waals surface area contributed by atoms with Gasteiger partial charge in [0.15, 0.2) is 0 Å². The minimum Gasteiger partial charge on any atom is -0.309 e. The molecule has 0 aliphatic rings. The van der Waals surface area contributed by atoms with Gasteiger partial charge in [-0.05, 0) is 86.6 Å². The van der Waals surface area contributed by atoms with Gasteiger partial charge in [-0.25, -0.2) is 0 Å². The molecule has 0 atom stereocenters. The van der Waals surface area contributed by atoms with Gasteiger partial charge in [0.05, 0.1) is 10.4 Å². The quantitative estimate of drug-likeness (QED) is 0.177. The first-order chi connectivity index (χ1) is 23.8. The molecular weight excluding hydrogens is 599 g/mol. The SMILES string of the molecule is c1ccc(-c2ccc(N(c3ccc(-c4ccc5ccccc5c4)cc3)c3cccc4c3sc3ccccc34)cc2-c2ccccc2)cc1. The first kappa shape index (κ1) is 28.3. The summed E-state index contributed by atoms with van der Waals surface area (Å²) in [6, 6.07) is 68.2. The number of fused-ring (bicyclic) bond motifs is 4. The summed E-state index contributed by atoms with van der Waals surface area (Å²) in [6.07, 6.45) is 0. The van der Waals surface area contributed by atoms with Crippen LogP contribution in [0.25, 0.3) is 64.3 Å². The second kappa shape index (κ2) is 12.0. The van der Waals surface area contributed by atoms with Gasteiger partial charge in [0, 0.05) is 26.8 Å². The summed E-state index contributed by atoms with van der Waals surface area (Å²) in [5.74, 6) is 0. The molecule has 1 nitrogen and oxygen atoms in total. The van der Waals surface area contributed by atoms with Crippen LogP contribution < -0.4 is 4.90 Å². The van der Waals surface area contributed by atoms with Crippen LogP contribution in [0.2, 0.25) is 0 Å². The van der Waals surface area contributed by atoms with Crippen molar-refractivity contribution in [1.29, 1.82) is 0 Å². The number of anilines is 3. The van der Waals surface area contributed by atoms with E-state index >= 15 is 0 Å². The van der Waals surface area contributed by atoms with Crippen molar-refractivity contribution in [3.8, 4) is 33.4 Å². The lowest BCUT2D eigenvalue weighted by Gasteiger charge is -2.27. The third kappa shape index (κ3) is 5.04. The van der Waals surface area contributed by atoms with E-state index in [9.17, 15) is 0 Å². The monoisotopic (exact) mass is 629 g/mol. The highest BCUT2D eigenvalue weighted by molar-refractivity contribution is 7.26. The Bertz CT molecular complexity index is 2550. The highest BCUT2D eigenvalue weighted by Crippen LogP contribution is 2.46. The smallest absolute Gasteiger partial charge is 0.0640 e. The van der Waals surface area contributed by atoms with Gasteiger partial charge < -0.3 is 4.90 Å². The van der Waals surface area contributed by atoms with Gasteiger partial charge in [0.25, 0.3) is 0 Å². The van der Waals surface area contributed by atoms with Crippen molar-refractivity contribution in [1.82, 2.24) is 0 Å². The second-order valence-corrected chi connectivity index (χ2v) is 13.2. The molecule has 2 heteroatoms. The minimum atomic E-state index is 1.12. The van der Waals surface area contributed by atoms with Crippen molar-refractivity contribution < 1.29 is 0 Å². The molecule has 1 heterocycles. The van der Waals surface area contributed by atoms with Gasteiger partial charge in [-0.1, -0.05) is 146 Å². The van der Waals surface area contributed by atoms with Crippen LogP contribution in [0.15, 0.2) is 188 Å². The van der Waals surface area contributed by atoms with Crippen molar-refractivity contribution >= 4 is 59.3 Å². The zero-order valence-corrected chi connectivity index (χ0v) is 27.1. The third-order valence-corrected chi connectivity index (χ3v) is 10.5. The molecule has 0 N–H and O–H groups in total. The van der Waals surface area contributed by atoms with E-state index in [1.54, 1.807) is 0 Å². The van der Waals surface area contributed by atoms with Crippen LogP contribution in [0, 0.1) is 0 Å². The minimum absolute atomic E-state index is 1.12. The Morgan fingerprint density at radius 1 is 0.354 bits per heavy atom. The van der Waals surface area contributed by atoms with Crippen LogP contribution in [0.1, 0.15) is 0 Å². The van der Waals surface area contributed by atoms with E-state index in [0.29, 0.717) is 0 Å². The maximum Gasteiger partial charge on any atom is 0.0640 e. The molecule has 0 spiro atoms. The summed E-state index contributed by atoms with van der Waals surface area (Å²) in [4.78, 5) is 2.43. The number of rotatable bonds is 6. The molecule has 9 aromatic rings. The average Bonchev–Trinajstić information content (AvgIpc) is 3.55. The molecule has 0 aliphatic heterocycles. The molecule has 0 saturated carbocycles. The average molecular weight is 630 g/mol. The Labute approximate surface area is 284 Å². The van der Waals surface area contributed by atoms with E-state index in [1.165, 1.54) is 70.0 Å². The van der Waals surface area contributed by atoms with Gasteiger partial charge in [0.1, 0.15) is 0 Å². The zero-order chi connectivity index (χ0) is 31.9. The van der Waals surface area contributed by atoms with E-state index in [0.717, 1.165) is 11.4 Å². The van der Waals surface area contributed by atoms with Gasteiger partial charge in [-0.3, -0.25) is 0 Å². The Hall–Kier alpha value is -5.96. The Morgan fingerprint density at radius 2 is 0.979 bits per heavy atom. The van der Waals surface area contributed by atoms with E-state index in [-0.39, 0.29) is 0 Å². The van der Waals surface area contributed by atoms with Crippen molar-refractivity contribution in [2.75, 3.05) is 4.90 Å². The fourth-order valence-corrected chi connectivity index (χ4v) is 8.11. The normalized spacial score (nSPS) is 11.3. The van der Waals surface area contributed by atoms with Crippen LogP contribution in [0.5, 0.6) is 0 Å². The van der Waals surface area contributed by atoms with Crippen molar-refractivity contribution in [3.63, 3.8) is 0 Å². The number of nitrogens with zero attached hydrogens (tertiary/aromatic N) is 1. The standard InChI is InChI=1S/C46H31NS/c1-3-13-34(14-4-1)40-29-28-39(31-43(40)35-15-5-2-6-16-35)47(44-20-11-19-42-41-18-9-10-21-45(41)48-46(42)44)38-26-24-33(25-27-38)37-23-22-32-12-7-8-17-36(32)30-37/h1-31H. The lowest BCUT2D eigenvalue weighted by atomic mass is 9.93. The highest BCUT2D eigenvalue weighted by atomic mass is 32.1. The summed E-state index contributed by atoms with van der Waals surface area (Å²) in [7, 11) is 0. The zero-order valence-electron chi connectivity index (χ0n) is 26.3. The maximum absolute atomic E-state index is 2.43. The second-order valence-electron chi connectivity index (χ2n) is 12.2. The molecule has 0 aliphatic carbocycles. The molecule has 226 valence electrons. The maximum atomic E-state index is 2.43. The molecule has 0 saturated heterocycles. The van der Waals surface area contributed by atoms with Crippen LogP contribution >= 0.6 is 11.3 Å². The Morgan fingerprint density at radius 3 is 1.77 bits per heavy atom. The largest absolute Gasteiger partial charge is 0.309 e. The first-order valence-corrected chi connectivity index (χ1v) is 17.2. The van der Waals surface area contributed by atoms with Gasteiger partial charge in [-0.2, -0.15) is 0 Å². The van der Waals surface area contributed by atoms with Crippen LogP contribution in [-0.4, -0.2) is 0 Å². The predicted molar refractivity (Wildman–Crippen MR) is 208 cm³/mol. The number of thiophene rings is 1. The molecule has 0 fully saturated rings. The van der Waals surface area contributed by atoms with Crippen LogP contribution in [0.4, 0.5) is 17.1 Å². The summed E-state index contributed by atoms with van der Waals surface area (Å²) < 4.78 is 2.58. The van der Waals surface area contributed by atoms with Crippen LogP contribution in [-0.2, 0) is 0 Å². The first-order valence-electron chi connectivity index (χ1n) is 16.3. The molecule has 48 heavy (non-hydrogen) atoms. The highest BCUT2D eigenvalue weighted by Gasteiger charge is 2.20. The molecule has 0 bridgehead atoms. The van der Waals surface area contributed by atoms with Crippen molar-refractivity contribution in [2.45, 2.75) is 0 Å². The van der Waals surface area contributed by atoms with Gasteiger partial charge in [0.2, 0.25) is 0 Å². The lowest BCUT2D eigenvalue weighted by Crippen LogP contribution is -2.10. The molecular formula is C46H31NS. The summed E-state index contributed by atoms with van der Waals surface area (Å²) in [6.45, 7) is 0. The van der Waals surface area contributed by atoms with Gasteiger partial charge >= 0.3 is 0 Å². The fourth-order valence-electron chi connectivity index (χ4n) is 6.90. The Kier molecular flexibility index (Phi) is 7.07. The molecule has 8 aromatic carbocycles.